The molecule has 1 fully saturated rings. The number of benzene rings is 2. The van der Waals surface area contributed by atoms with E-state index in [9.17, 15) is 0 Å². The summed E-state index contributed by atoms with van der Waals surface area (Å²) in [5.74, 6) is 0.846. The lowest BCUT2D eigenvalue weighted by Gasteiger charge is -2.40. The Kier molecular flexibility index (Phi) is 6.06. The Hall–Kier alpha value is -2.44. The molecule has 1 aliphatic rings. The van der Waals surface area contributed by atoms with Crippen molar-refractivity contribution in [2.45, 2.75) is 39.8 Å². The topological polar surface area (TPSA) is 50.1 Å². The number of piperazine rings is 1. The molecule has 0 amide bonds. The van der Waals surface area contributed by atoms with E-state index in [4.69, 9.17) is 11.6 Å². The summed E-state index contributed by atoms with van der Waals surface area (Å²) in [6.07, 6.45) is 0. The average Bonchev–Trinajstić information content (AvgIpc) is 3.22. The molecular weight excluding hydrogens is 396 g/mol. The minimum atomic E-state index is -0.0724. The number of hydrogen-bond donors (Lipinski definition) is 0. The van der Waals surface area contributed by atoms with Crippen LogP contribution in [-0.4, -0.2) is 51.3 Å². The number of hydrogen-bond acceptors (Lipinski definition) is 5. The zero-order chi connectivity index (χ0) is 21.3. The summed E-state index contributed by atoms with van der Waals surface area (Å²) in [6.45, 7) is 12.3. The molecule has 0 aliphatic carbocycles. The van der Waals surface area contributed by atoms with Crippen LogP contribution in [0.1, 0.15) is 48.4 Å². The summed E-state index contributed by atoms with van der Waals surface area (Å²) in [5, 5.41) is 13.4. The first-order valence-electron chi connectivity index (χ1n) is 10.5. The van der Waals surface area contributed by atoms with Gasteiger partial charge in [0.25, 0.3) is 0 Å². The molecule has 0 spiro atoms. The minimum absolute atomic E-state index is 0.0724. The van der Waals surface area contributed by atoms with Gasteiger partial charge in [-0.05, 0) is 66.9 Å². The van der Waals surface area contributed by atoms with Gasteiger partial charge in [-0.2, -0.15) is 0 Å². The quantitative estimate of drug-likeness (QED) is 0.606. The number of halogens is 1. The van der Waals surface area contributed by atoms with Crippen LogP contribution in [-0.2, 0) is 0 Å². The van der Waals surface area contributed by atoms with Gasteiger partial charge in [0.05, 0.1) is 12.1 Å². The van der Waals surface area contributed by atoms with Crippen LogP contribution >= 0.6 is 11.6 Å². The van der Waals surface area contributed by atoms with Crippen molar-refractivity contribution in [1.29, 1.82) is 0 Å². The molecule has 158 valence electrons. The number of aryl methyl sites for hydroxylation is 2. The van der Waals surface area contributed by atoms with E-state index in [0.717, 1.165) is 42.6 Å². The first-order chi connectivity index (χ1) is 14.5. The van der Waals surface area contributed by atoms with Crippen molar-refractivity contribution in [3.63, 3.8) is 0 Å². The Bertz CT molecular complexity index is 1010. The molecule has 6 nitrogen and oxygen atoms in total. The molecule has 3 aromatic rings. The summed E-state index contributed by atoms with van der Waals surface area (Å²) in [7, 11) is 0. The monoisotopic (exact) mass is 424 g/mol. The smallest absolute Gasteiger partial charge is 0.173 e. The number of rotatable bonds is 5. The molecule has 1 atom stereocenters. The molecule has 0 N–H and O–H groups in total. The molecule has 2 heterocycles. The van der Waals surface area contributed by atoms with Gasteiger partial charge in [0.15, 0.2) is 5.82 Å². The van der Waals surface area contributed by atoms with Crippen molar-refractivity contribution in [2.75, 3.05) is 31.1 Å². The Morgan fingerprint density at radius 1 is 0.967 bits per heavy atom. The van der Waals surface area contributed by atoms with E-state index in [-0.39, 0.29) is 12.1 Å². The highest BCUT2D eigenvalue weighted by Crippen LogP contribution is 2.34. The maximum Gasteiger partial charge on any atom is 0.173 e. The second kappa shape index (κ2) is 8.74. The fourth-order valence-corrected chi connectivity index (χ4v) is 4.46. The maximum atomic E-state index is 6.63. The Morgan fingerprint density at radius 3 is 2.40 bits per heavy atom. The van der Waals surface area contributed by atoms with Crippen molar-refractivity contribution >= 4 is 17.3 Å². The first-order valence-corrected chi connectivity index (χ1v) is 10.9. The molecule has 1 aromatic heterocycles. The number of nitrogens with zero attached hydrogens (tertiary/aromatic N) is 6. The molecule has 2 aromatic carbocycles. The van der Waals surface area contributed by atoms with Gasteiger partial charge in [0.1, 0.15) is 0 Å². The fraction of sp³-hybridized carbons (Fsp3) is 0.435. The van der Waals surface area contributed by atoms with Crippen molar-refractivity contribution in [3.8, 4) is 0 Å². The molecule has 30 heavy (non-hydrogen) atoms. The third-order valence-electron chi connectivity index (χ3n) is 5.84. The van der Waals surface area contributed by atoms with Crippen LogP contribution in [0.25, 0.3) is 0 Å². The van der Waals surface area contributed by atoms with Crippen molar-refractivity contribution in [1.82, 2.24) is 25.1 Å². The molecule has 1 saturated heterocycles. The first kappa shape index (κ1) is 20.8. The van der Waals surface area contributed by atoms with Gasteiger partial charge in [-0.15, -0.1) is 5.10 Å². The Morgan fingerprint density at radius 2 is 1.70 bits per heavy atom. The van der Waals surface area contributed by atoms with E-state index in [1.165, 1.54) is 16.8 Å². The van der Waals surface area contributed by atoms with Crippen molar-refractivity contribution in [2.24, 2.45) is 0 Å². The summed E-state index contributed by atoms with van der Waals surface area (Å²) >= 11 is 6.63. The van der Waals surface area contributed by atoms with Gasteiger partial charge in [-0.25, -0.2) is 4.68 Å². The van der Waals surface area contributed by atoms with Crippen molar-refractivity contribution in [3.05, 3.63) is 70.0 Å². The largest absolute Gasteiger partial charge is 0.369 e. The van der Waals surface area contributed by atoms with Gasteiger partial charge in [0.2, 0.25) is 0 Å². The second-order valence-electron chi connectivity index (χ2n) is 8.31. The van der Waals surface area contributed by atoms with Crippen molar-refractivity contribution < 1.29 is 0 Å². The molecule has 7 heteroatoms. The molecule has 0 bridgehead atoms. The van der Waals surface area contributed by atoms with E-state index in [0.29, 0.717) is 0 Å². The number of aromatic nitrogens is 4. The normalized spacial score (nSPS) is 16.3. The third kappa shape index (κ3) is 4.07. The van der Waals surface area contributed by atoms with E-state index < -0.39 is 0 Å². The zero-order valence-electron chi connectivity index (χ0n) is 18.1. The van der Waals surface area contributed by atoms with Crippen LogP contribution in [0.4, 0.5) is 5.69 Å². The summed E-state index contributed by atoms with van der Waals surface area (Å²) in [5.41, 5.74) is 5.00. The van der Waals surface area contributed by atoms with E-state index >= 15 is 0 Å². The van der Waals surface area contributed by atoms with Gasteiger partial charge in [-0.3, -0.25) is 4.90 Å². The molecule has 0 saturated carbocycles. The number of tetrazole rings is 1. The standard InChI is InChI=1S/C23H29ClN6/c1-16(2)30-23(25-26-27-30)22(19-7-5-6-8-20(19)24)29-13-11-28(12-14-29)21-15-17(3)9-10-18(21)4/h5-10,15-16,22H,11-14H2,1-4H3/t22-/m0/s1. The highest BCUT2D eigenvalue weighted by atomic mass is 35.5. The molecule has 4 rings (SSSR count). The van der Waals surface area contributed by atoms with Crippen LogP contribution in [0.15, 0.2) is 42.5 Å². The highest BCUT2D eigenvalue weighted by Gasteiger charge is 2.32. The molecule has 1 aliphatic heterocycles. The summed E-state index contributed by atoms with van der Waals surface area (Å²) < 4.78 is 1.91. The van der Waals surface area contributed by atoms with Crippen LogP contribution < -0.4 is 4.90 Å². The minimum Gasteiger partial charge on any atom is -0.369 e. The van der Waals surface area contributed by atoms with E-state index in [2.05, 4.69) is 77.3 Å². The lowest BCUT2D eigenvalue weighted by Crippen LogP contribution is -2.48. The Labute approximate surface area is 183 Å². The highest BCUT2D eigenvalue weighted by molar-refractivity contribution is 6.31. The average molecular weight is 425 g/mol. The summed E-state index contributed by atoms with van der Waals surface area (Å²) in [6, 6.07) is 14.8. The fourth-order valence-electron chi connectivity index (χ4n) is 4.23. The number of anilines is 1. The maximum absolute atomic E-state index is 6.63. The SMILES string of the molecule is Cc1ccc(C)c(N2CCN([C@@H](c3ccccc3Cl)c3nnnn3C(C)C)CC2)c1. The van der Waals surface area contributed by atoms with Crippen LogP contribution in [0.3, 0.4) is 0 Å². The van der Waals surface area contributed by atoms with E-state index in [1.807, 2.05) is 22.9 Å². The second-order valence-corrected chi connectivity index (χ2v) is 8.72. The van der Waals surface area contributed by atoms with Crippen LogP contribution in [0.2, 0.25) is 5.02 Å². The lowest BCUT2D eigenvalue weighted by atomic mass is 10.0. The van der Waals surface area contributed by atoms with Gasteiger partial charge < -0.3 is 4.90 Å². The van der Waals surface area contributed by atoms with E-state index in [1.54, 1.807) is 0 Å². The third-order valence-corrected chi connectivity index (χ3v) is 6.18. The molecule has 0 radical (unpaired) electrons. The van der Waals surface area contributed by atoms with Gasteiger partial charge in [-0.1, -0.05) is 41.9 Å². The molecular formula is C23H29ClN6. The predicted octanol–water partition coefficient (Wildman–Crippen LogP) is 4.44. The lowest BCUT2D eigenvalue weighted by molar-refractivity contribution is 0.199. The summed E-state index contributed by atoms with van der Waals surface area (Å²) in [4.78, 5) is 4.93. The van der Waals surface area contributed by atoms with Crippen LogP contribution in [0, 0.1) is 13.8 Å². The van der Waals surface area contributed by atoms with Gasteiger partial charge >= 0.3 is 0 Å². The van der Waals surface area contributed by atoms with Gasteiger partial charge in [0, 0.05) is 36.9 Å². The predicted molar refractivity (Wildman–Crippen MR) is 121 cm³/mol. The molecule has 0 unspecified atom stereocenters. The Balaban J connectivity index is 1.64. The van der Waals surface area contributed by atoms with Crippen LogP contribution in [0.5, 0.6) is 0 Å². The zero-order valence-corrected chi connectivity index (χ0v) is 18.8.